The number of aliphatic imine (C=N–C) groups is 1. The summed E-state index contributed by atoms with van der Waals surface area (Å²) in [7, 11) is 0. The Bertz CT molecular complexity index is 852. The lowest BCUT2D eigenvalue weighted by atomic mass is 9.78. The molecule has 0 amide bonds. The van der Waals surface area contributed by atoms with E-state index in [1.54, 1.807) is 13.0 Å². The van der Waals surface area contributed by atoms with E-state index in [0.29, 0.717) is 11.1 Å². The summed E-state index contributed by atoms with van der Waals surface area (Å²) in [5, 5.41) is 3.31. The molecule has 0 aliphatic carbocycles. The summed E-state index contributed by atoms with van der Waals surface area (Å²) in [6, 6.07) is 4.11. The summed E-state index contributed by atoms with van der Waals surface area (Å²) in [4.78, 5) is 4.57. The Morgan fingerprint density at radius 2 is 2.00 bits per heavy atom. The van der Waals surface area contributed by atoms with Crippen LogP contribution in [0.4, 0.5) is 8.78 Å². The van der Waals surface area contributed by atoms with E-state index in [9.17, 15) is 8.78 Å². The lowest BCUT2D eigenvalue weighted by Crippen LogP contribution is -2.33. The second-order valence-electron chi connectivity index (χ2n) is 6.39. The maximum absolute atomic E-state index is 14.6. The van der Waals surface area contributed by atoms with Crippen LogP contribution in [0, 0.1) is 29.4 Å². The second kappa shape index (κ2) is 7.71. The molecule has 26 heavy (non-hydrogen) atoms. The number of allylic oxidation sites excluding steroid dienone is 2. The highest BCUT2D eigenvalue weighted by Gasteiger charge is 2.34. The summed E-state index contributed by atoms with van der Waals surface area (Å²) < 4.78 is 28.5. The molecule has 2 aliphatic rings. The van der Waals surface area contributed by atoms with Crippen molar-refractivity contribution < 1.29 is 8.78 Å². The maximum atomic E-state index is 14.6. The molecule has 0 bridgehead atoms. The molecule has 1 atom stereocenters. The van der Waals surface area contributed by atoms with Gasteiger partial charge >= 0.3 is 0 Å². The molecule has 6 heteroatoms. The fourth-order valence-corrected chi connectivity index (χ4v) is 3.63. The van der Waals surface area contributed by atoms with Crippen LogP contribution in [0.5, 0.6) is 0 Å². The predicted octanol–water partition coefficient (Wildman–Crippen LogP) is 2.54. The van der Waals surface area contributed by atoms with Gasteiger partial charge < -0.3 is 16.8 Å². The van der Waals surface area contributed by atoms with E-state index in [-0.39, 0.29) is 17.3 Å². The quantitative estimate of drug-likeness (QED) is 0.713. The van der Waals surface area contributed by atoms with Crippen molar-refractivity contribution in [3.63, 3.8) is 0 Å². The van der Waals surface area contributed by atoms with Gasteiger partial charge in [0.05, 0.1) is 11.6 Å². The summed E-state index contributed by atoms with van der Waals surface area (Å²) in [5.41, 5.74) is 13.9. The third-order valence-corrected chi connectivity index (χ3v) is 4.87. The van der Waals surface area contributed by atoms with Crippen LogP contribution in [0.3, 0.4) is 0 Å². The molecule has 2 aliphatic heterocycles. The Morgan fingerprint density at radius 1 is 1.27 bits per heavy atom. The molecule has 1 unspecified atom stereocenters. The number of halogens is 2. The van der Waals surface area contributed by atoms with Crippen molar-refractivity contribution >= 4 is 5.84 Å². The lowest BCUT2D eigenvalue weighted by Gasteiger charge is -2.31. The van der Waals surface area contributed by atoms with Crippen LogP contribution >= 0.6 is 0 Å². The molecule has 3 rings (SSSR count). The molecule has 5 N–H and O–H groups in total. The van der Waals surface area contributed by atoms with Crippen molar-refractivity contribution in [1.29, 1.82) is 0 Å². The fourth-order valence-electron chi connectivity index (χ4n) is 3.63. The molecule has 1 aromatic carbocycles. The Hall–Kier alpha value is -2.65. The third-order valence-electron chi connectivity index (χ3n) is 4.87. The van der Waals surface area contributed by atoms with Crippen molar-refractivity contribution in [3.05, 3.63) is 58.4 Å². The lowest BCUT2D eigenvalue weighted by molar-refractivity contribution is 0.413. The van der Waals surface area contributed by atoms with Gasteiger partial charge in [0, 0.05) is 28.8 Å². The van der Waals surface area contributed by atoms with E-state index >= 15 is 0 Å². The van der Waals surface area contributed by atoms with Gasteiger partial charge in [-0.1, -0.05) is 18.1 Å². The average Bonchev–Trinajstić information content (AvgIpc) is 2.66. The van der Waals surface area contributed by atoms with E-state index in [4.69, 9.17) is 11.5 Å². The number of piperidine rings is 1. The summed E-state index contributed by atoms with van der Waals surface area (Å²) in [6.07, 6.45) is 3.09. The molecule has 2 heterocycles. The first-order chi connectivity index (χ1) is 12.6. The molecule has 0 saturated carbocycles. The standard InChI is InChI=1S/C20H22F2N4/c1-2-4-14-17(13-5-3-6-16(21)18(13)22)15(11-23)20(24)26-19(14)12-7-9-25-10-8-12/h3,5-6,11-12,17,25H,7-10,23H2,1H3,(H2,24,26)/b15-11-. The molecule has 136 valence electrons. The first-order valence-electron chi connectivity index (χ1n) is 8.66. The van der Waals surface area contributed by atoms with E-state index in [1.807, 2.05) is 0 Å². The highest BCUT2D eigenvalue weighted by Crippen LogP contribution is 2.41. The zero-order valence-corrected chi connectivity index (χ0v) is 14.7. The van der Waals surface area contributed by atoms with Crippen LogP contribution in [0.25, 0.3) is 0 Å². The third kappa shape index (κ3) is 3.23. The predicted molar refractivity (Wildman–Crippen MR) is 99.1 cm³/mol. The number of amidine groups is 1. The van der Waals surface area contributed by atoms with Crippen LogP contribution in [0.15, 0.2) is 46.2 Å². The van der Waals surface area contributed by atoms with E-state index < -0.39 is 17.6 Å². The van der Waals surface area contributed by atoms with Crippen LogP contribution in [0.1, 0.15) is 31.2 Å². The number of nitrogens with one attached hydrogen (secondary N) is 1. The Balaban J connectivity index is 2.23. The second-order valence-corrected chi connectivity index (χ2v) is 6.39. The minimum atomic E-state index is -0.911. The van der Waals surface area contributed by atoms with Gasteiger partial charge in [-0.05, 0) is 38.9 Å². The van der Waals surface area contributed by atoms with Gasteiger partial charge in [-0.2, -0.15) is 0 Å². The Morgan fingerprint density at radius 3 is 2.65 bits per heavy atom. The number of hydrogen-bond donors (Lipinski definition) is 3. The van der Waals surface area contributed by atoms with Crippen molar-refractivity contribution in [1.82, 2.24) is 5.32 Å². The smallest absolute Gasteiger partial charge is 0.162 e. The summed E-state index contributed by atoms with van der Waals surface area (Å²) >= 11 is 0. The molecule has 0 aromatic heterocycles. The number of rotatable bonds is 2. The molecule has 0 spiro atoms. The van der Waals surface area contributed by atoms with Gasteiger partial charge in [-0.25, -0.2) is 13.8 Å². The van der Waals surface area contributed by atoms with Gasteiger partial charge in [0.2, 0.25) is 0 Å². The minimum Gasteiger partial charge on any atom is -0.404 e. The van der Waals surface area contributed by atoms with Gasteiger partial charge in [-0.15, -0.1) is 5.92 Å². The highest BCUT2D eigenvalue weighted by atomic mass is 19.2. The van der Waals surface area contributed by atoms with Crippen molar-refractivity contribution in [2.45, 2.75) is 25.7 Å². The number of nitrogens with zero attached hydrogens (tertiary/aromatic N) is 1. The van der Waals surface area contributed by atoms with Crippen LogP contribution in [0.2, 0.25) is 0 Å². The zero-order chi connectivity index (χ0) is 18.7. The van der Waals surface area contributed by atoms with Crippen LogP contribution in [-0.2, 0) is 0 Å². The molecule has 1 aromatic rings. The maximum Gasteiger partial charge on any atom is 0.162 e. The monoisotopic (exact) mass is 356 g/mol. The molecular weight excluding hydrogens is 334 g/mol. The molecule has 4 nitrogen and oxygen atoms in total. The highest BCUT2D eigenvalue weighted by molar-refractivity contribution is 6.01. The normalized spacial score (nSPS) is 22.8. The topological polar surface area (TPSA) is 76.4 Å². The minimum absolute atomic E-state index is 0.170. The number of benzene rings is 1. The van der Waals surface area contributed by atoms with E-state index in [1.165, 1.54) is 12.3 Å². The Kier molecular flexibility index (Phi) is 5.38. The number of hydrogen-bond acceptors (Lipinski definition) is 4. The summed E-state index contributed by atoms with van der Waals surface area (Å²) in [6.45, 7) is 3.45. The SMILES string of the molecule is CC#CC1=C(C2CCNCC2)N=C(N)/C(=C\N)C1c1cccc(F)c1F. The molecule has 0 radical (unpaired) electrons. The first-order valence-corrected chi connectivity index (χ1v) is 8.66. The molecule has 1 fully saturated rings. The van der Waals surface area contributed by atoms with Crippen molar-refractivity contribution in [3.8, 4) is 11.8 Å². The van der Waals surface area contributed by atoms with Gasteiger partial charge in [-0.3, -0.25) is 0 Å². The number of nitrogens with two attached hydrogens (primary N) is 2. The van der Waals surface area contributed by atoms with Gasteiger partial charge in [0.25, 0.3) is 0 Å². The Labute approximate surface area is 152 Å². The average molecular weight is 356 g/mol. The summed E-state index contributed by atoms with van der Waals surface area (Å²) in [5.74, 6) is 3.88. The van der Waals surface area contributed by atoms with E-state index in [0.717, 1.165) is 37.7 Å². The van der Waals surface area contributed by atoms with Gasteiger partial charge in [0.1, 0.15) is 5.84 Å². The zero-order valence-electron chi connectivity index (χ0n) is 14.7. The van der Waals surface area contributed by atoms with Crippen LogP contribution < -0.4 is 16.8 Å². The first kappa shape index (κ1) is 18.2. The van der Waals surface area contributed by atoms with E-state index in [2.05, 4.69) is 22.2 Å². The van der Waals surface area contributed by atoms with Crippen molar-refractivity contribution in [2.75, 3.05) is 13.1 Å². The molecular formula is C20H22F2N4. The van der Waals surface area contributed by atoms with Crippen LogP contribution in [-0.4, -0.2) is 18.9 Å². The largest absolute Gasteiger partial charge is 0.404 e. The fraction of sp³-hybridized carbons (Fsp3) is 0.350. The molecule has 1 saturated heterocycles. The van der Waals surface area contributed by atoms with Crippen molar-refractivity contribution in [2.24, 2.45) is 22.4 Å². The van der Waals surface area contributed by atoms with Gasteiger partial charge in [0.15, 0.2) is 11.6 Å².